The third kappa shape index (κ3) is 3.76. The number of rotatable bonds is 4. The molecular formula is C16H19FN6O2. The molecule has 2 heterocycles. The zero-order chi connectivity index (χ0) is 18.0. The molecule has 0 saturated carbocycles. The number of piperidine rings is 1. The topological polar surface area (TPSA) is 110 Å². The van der Waals surface area contributed by atoms with Gasteiger partial charge in [0.2, 0.25) is 17.6 Å². The van der Waals surface area contributed by atoms with Crippen LogP contribution in [0.3, 0.4) is 0 Å². The van der Waals surface area contributed by atoms with Gasteiger partial charge in [-0.1, -0.05) is 13.0 Å². The number of nitrogens with one attached hydrogen (secondary N) is 1. The molecule has 9 heteroatoms. The highest BCUT2D eigenvalue weighted by Gasteiger charge is 2.27. The van der Waals surface area contributed by atoms with E-state index in [0.717, 1.165) is 25.9 Å². The van der Waals surface area contributed by atoms with E-state index in [1.165, 1.54) is 18.2 Å². The highest BCUT2D eigenvalue weighted by molar-refractivity contribution is 5.74. The smallest absolute Gasteiger partial charge is 0.353 e. The second kappa shape index (κ2) is 6.88. The van der Waals surface area contributed by atoms with Crippen LogP contribution in [0.5, 0.6) is 0 Å². The average Bonchev–Trinajstić information content (AvgIpc) is 2.54. The Kier molecular flexibility index (Phi) is 4.64. The van der Waals surface area contributed by atoms with Crippen molar-refractivity contribution in [3.05, 3.63) is 40.2 Å². The van der Waals surface area contributed by atoms with Gasteiger partial charge in [0, 0.05) is 18.8 Å². The van der Waals surface area contributed by atoms with Crippen molar-refractivity contribution in [2.75, 3.05) is 29.0 Å². The van der Waals surface area contributed by atoms with Gasteiger partial charge in [-0.2, -0.15) is 9.97 Å². The minimum Gasteiger partial charge on any atom is -0.378 e. The Morgan fingerprint density at radius 1 is 1.44 bits per heavy atom. The fourth-order valence-electron chi connectivity index (χ4n) is 2.94. The SMILES string of the molecule is C[C@@H]1CCCN(c2nc(N)c([N+](=O)[O-])c(Nc3cccc(F)c3)n2)C1. The van der Waals surface area contributed by atoms with Gasteiger partial charge in [0.1, 0.15) is 5.82 Å². The molecular weight excluding hydrogens is 327 g/mol. The summed E-state index contributed by atoms with van der Waals surface area (Å²) in [7, 11) is 0. The maximum Gasteiger partial charge on any atom is 0.353 e. The molecule has 3 N–H and O–H groups in total. The summed E-state index contributed by atoms with van der Waals surface area (Å²) in [4.78, 5) is 21.1. The number of nitrogens with zero attached hydrogens (tertiary/aromatic N) is 4. The minimum atomic E-state index is -0.639. The Morgan fingerprint density at radius 3 is 2.92 bits per heavy atom. The lowest BCUT2D eigenvalue weighted by Gasteiger charge is -2.31. The highest BCUT2D eigenvalue weighted by Crippen LogP contribution is 2.33. The van der Waals surface area contributed by atoms with Crippen LogP contribution in [0.15, 0.2) is 24.3 Å². The van der Waals surface area contributed by atoms with Gasteiger partial charge >= 0.3 is 5.69 Å². The number of benzene rings is 1. The van der Waals surface area contributed by atoms with E-state index in [1.54, 1.807) is 6.07 Å². The van der Waals surface area contributed by atoms with Crippen LogP contribution in [-0.4, -0.2) is 28.0 Å². The van der Waals surface area contributed by atoms with Gasteiger partial charge in [0.05, 0.1) is 4.92 Å². The normalized spacial score (nSPS) is 17.4. The summed E-state index contributed by atoms with van der Waals surface area (Å²) in [6.07, 6.45) is 2.11. The average molecular weight is 346 g/mol. The predicted octanol–water partition coefficient (Wildman–Crippen LogP) is 3.09. The van der Waals surface area contributed by atoms with Crippen LogP contribution in [0.4, 0.5) is 33.3 Å². The molecule has 2 aromatic rings. The van der Waals surface area contributed by atoms with Crippen molar-refractivity contribution >= 4 is 29.0 Å². The predicted molar refractivity (Wildman–Crippen MR) is 93.4 cm³/mol. The monoisotopic (exact) mass is 346 g/mol. The Morgan fingerprint density at radius 2 is 2.24 bits per heavy atom. The highest BCUT2D eigenvalue weighted by atomic mass is 19.1. The third-order valence-corrected chi connectivity index (χ3v) is 4.11. The van der Waals surface area contributed by atoms with Crippen LogP contribution >= 0.6 is 0 Å². The second-order valence-electron chi connectivity index (χ2n) is 6.19. The minimum absolute atomic E-state index is 0.0451. The van der Waals surface area contributed by atoms with Crippen molar-refractivity contribution in [1.82, 2.24) is 9.97 Å². The van der Waals surface area contributed by atoms with E-state index in [-0.39, 0.29) is 11.6 Å². The lowest BCUT2D eigenvalue weighted by Crippen LogP contribution is -2.35. The Hall–Kier alpha value is -2.97. The van der Waals surface area contributed by atoms with Crippen molar-refractivity contribution in [2.24, 2.45) is 5.92 Å². The Bertz CT molecular complexity index is 800. The van der Waals surface area contributed by atoms with Gasteiger partial charge in [-0.15, -0.1) is 0 Å². The van der Waals surface area contributed by atoms with Crippen molar-refractivity contribution in [2.45, 2.75) is 19.8 Å². The lowest BCUT2D eigenvalue weighted by atomic mass is 10.0. The van der Waals surface area contributed by atoms with Gasteiger partial charge in [-0.05, 0) is 37.0 Å². The number of halogens is 1. The van der Waals surface area contributed by atoms with Gasteiger partial charge in [0.25, 0.3) is 0 Å². The van der Waals surface area contributed by atoms with Crippen LogP contribution in [0.25, 0.3) is 0 Å². The standard InChI is InChI=1S/C16H19FN6O2/c1-10-4-3-7-22(9-10)16-20-14(18)13(23(24)25)15(21-16)19-12-6-2-5-11(17)8-12/h2,5-6,8,10H,3-4,7,9H2,1H3,(H3,18,19,20,21)/t10-/m1/s1. The fraction of sp³-hybridized carbons (Fsp3) is 0.375. The van der Waals surface area contributed by atoms with Crippen molar-refractivity contribution in [3.63, 3.8) is 0 Å². The summed E-state index contributed by atoms with van der Waals surface area (Å²) in [6, 6.07) is 5.61. The van der Waals surface area contributed by atoms with Crippen molar-refractivity contribution < 1.29 is 9.31 Å². The molecule has 1 aliphatic heterocycles. The molecule has 0 aliphatic carbocycles. The Labute approximate surface area is 144 Å². The third-order valence-electron chi connectivity index (χ3n) is 4.11. The van der Waals surface area contributed by atoms with Gasteiger partial charge < -0.3 is 16.0 Å². The molecule has 132 valence electrons. The second-order valence-corrected chi connectivity index (χ2v) is 6.19. The van der Waals surface area contributed by atoms with Crippen LogP contribution in [0.1, 0.15) is 19.8 Å². The fourth-order valence-corrected chi connectivity index (χ4v) is 2.94. The van der Waals surface area contributed by atoms with E-state index >= 15 is 0 Å². The summed E-state index contributed by atoms with van der Waals surface area (Å²) >= 11 is 0. The van der Waals surface area contributed by atoms with E-state index in [9.17, 15) is 14.5 Å². The molecule has 1 aromatic carbocycles. The quantitative estimate of drug-likeness (QED) is 0.646. The number of aromatic nitrogens is 2. The molecule has 1 aliphatic rings. The maximum absolute atomic E-state index is 13.4. The Balaban J connectivity index is 2.00. The number of nitrogens with two attached hydrogens (primary N) is 1. The molecule has 1 fully saturated rings. The van der Waals surface area contributed by atoms with E-state index in [2.05, 4.69) is 22.2 Å². The zero-order valence-electron chi connectivity index (χ0n) is 13.8. The van der Waals surface area contributed by atoms with Crippen LogP contribution in [0, 0.1) is 21.8 Å². The molecule has 8 nitrogen and oxygen atoms in total. The number of anilines is 4. The zero-order valence-corrected chi connectivity index (χ0v) is 13.8. The van der Waals surface area contributed by atoms with Gasteiger partial charge in [0.15, 0.2) is 0 Å². The first-order valence-corrected chi connectivity index (χ1v) is 8.03. The summed E-state index contributed by atoms with van der Waals surface area (Å²) in [5, 5.41) is 14.1. The van der Waals surface area contributed by atoms with E-state index in [0.29, 0.717) is 17.6 Å². The maximum atomic E-state index is 13.4. The molecule has 1 atom stereocenters. The molecule has 0 spiro atoms. The summed E-state index contributed by atoms with van der Waals surface area (Å²) in [5.41, 5.74) is 5.74. The molecule has 1 saturated heterocycles. The van der Waals surface area contributed by atoms with E-state index in [1.807, 2.05) is 4.90 Å². The molecule has 25 heavy (non-hydrogen) atoms. The van der Waals surface area contributed by atoms with Gasteiger partial charge in [-0.3, -0.25) is 10.1 Å². The van der Waals surface area contributed by atoms with Crippen molar-refractivity contribution in [3.8, 4) is 0 Å². The summed E-state index contributed by atoms with van der Waals surface area (Å²) < 4.78 is 13.4. The summed E-state index contributed by atoms with van der Waals surface area (Å²) in [5.74, 6) is 0.102. The van der Waals surface area contributed by atoms with Gasteiger partial charge in [-0.25, -0.2) is 4.39 Å². The molecule has 0 bridgehead atoms. The van der Waals surface area contributed by atoms with Crippen LogP contribution in [0.2, 0.25) is 0 Å². The largest absolute Gasteiger partial charge is 0.378 e. The summed E-state index contributed by atoms with van der Waals surface area (Å²) in [6.45, 7) is 3.66. The lowest BCUT2D eigenvalue weighted by molar-refractivity contribution is -0.383. The van der Waals surface area contributed by atoms with E-state index < -0.39 is 16.4 Å². The molecule has 0 radical (unpaired) electrons. The molecule has 1 aromatic heterocycles. The molecule has 0 amide bonds. The van der Waals surface area contributed by atoms with E-state index in [4.69, 9.17) is 5.73 Å². The number of nitrogen functional groups attached to an aromatic ring is 1. The van der Waals surface area contributed by atoms with Crippen LogP contribution < -0.4 is 16.0 Å². The first-order chi connectivity index (χ1) is 11.9. The first kappa shape index (κ1) is 16.9. The first-order valence-electron chi connectivity index (χ1n) is 8.03. The molecule has 0 unspecified atom stereocenters. The number of hydrogen-bond acceptors (Lipinski definition) is 7. The number of hydrogen-bond donors (Lipinski definition) is 2. The van der Waals surface area contributed by atoms with Crippen LogP contribution in [-0.2, 0) is 0 Å². The van der Waals surface area contributed by atoms with Crippen molar-refractivity contribution in [1.29, 1.82) is 0 Å². The number of nitro groups is 1. The molecule has 3 rings (SSSR count).